The highest BCUT2D eigenvalue weighted by molar-refractivity contribution is 5.80. The van der Waals surface area contributed by atoms with E-state index in [4.69, 9.17) is 0 Å². The van der Waals surface area contributed by atoms with Crippen molar-refractivity contribution in [3.05, 3.63) is 34.4 Å². The van der Waals surface area contributed by atoms with Crippen LogP contribution in [0.25, 0.3) is 0 Å². The van der Waals surface area contributed by atoms with Crippen molar-refractivity contribution in [3.8, 4) is 0 Å². The summed E-state index contributed by atoms with van der Waals surface area (Å²) < 4.78 is 0. The van der Waals surface area contributed by atoms with Crippen molar-refractivity contribution < 1.29 is 14.8 Å². The molecule has 1 aromatic rings. The van der Waals surface area contributed by atoms with Gasteiger partial charge in [-0.1, -0.05) is 25.5 Å². The minimum atomic E-state index is -0.915. The molecule has 0 spiro atoms. The quantitative estimate of drug-likeness (QED) is 0.676. The van der Waals surface area contributed by atoms with Crippen molar-refractivity contribution in [1.82, 2.24) is 0 Å². The fraction of sp³-hybridized carbons (Fsp3) is 0.500. The number of benzene rings is 1. The van der Waals surface area contributed by atoms with Gasteiger partial charge < -0.3 is 10.0 Å². The molecular formula is C14H18N2O4. The Kier molecular flexibility index (Phi) is 4.22. The molecule has 1 aliphatic heterocycles. The van der Waals surface area contributed by atoms with Crippen LogP contribution in [0.3, 0.4) is 0 Å². The van der Waals surface area contributed by atoms with E-state index in [2.05, 4.69) is 0 Å². The number of nitro groups is 1. The largest absolute Gasteiger partial charge is 0.480 e. The van der Waals surface area contributed by atoms with Gasteiger partial charge in [0.25, 0.3) is 5.69 Å². The van der Waals surface area contributed by atoms with Gasteiger partial charge in [0.1, 0.15) is 11.7 Å². The first-order valence-corrected chi connectivity index (χ1v) is 6.77. The van der Waals surface area contributed by atoms with E-state index in [0.29, 0.717) is 24.6 Å². The second kappa shape index (κ2) is 5.90. The van der Waals surface area contributed by atoms with Crippen molar-refractivity contribution in [2.45, 2.75) is 32.2 Å². The van der Waals surface area contributed by atoms with Gasteiger partial charge in [-0.2, -0.15) is 0 Å². The molecule has 6 heteroatoms. The molecule has 1 heterocycles. The molecule has 1 N–H and O–H groups in total. The van der Waals surface area contributed by atoms with Gasteiger partial charge in [-0.3, -0.25) is 10.1 Å². The Bertz CT molecular complexity index is 518. The molecule has 2 atom stereocenters. The van der Waals surface area contributed by atoms with Crippen LogP contribution < -0.4 is 4.90 Å². The van der Waals surface area contributed by atoms with E-state index >= 15 is 0 Å². The molecule has 1 saturated heterocycles. The summed E-state index contributed by atoms with van der Waals surface area (Å²) in [6, 6.07) is 5.65. The third-order valence-corrected chi connectivity index (χ3v) is 3.96. The predicted molar refractivity (Wildman–Crippen MR) is 74.9 cm³/mol. The van der Waals surface area contributed by atoms with Crippen LogP contribution in [-0.4, -0.2) is 28.6 Å². The van der Waals surface area contributed by atoms with E-state index in [0.717, 1.165) is 12.8 Å². The topological polar surface area (TPSA) is 83.7 Å². The number of anilines is 1. The SMILES string of the molecule is CCC1CCN(c2ccccc2[N+](=O)[O-])C(C(=O)O)C1. The number of carboxylic acids is 1. The van der Waals surface area contributed by atoms with Gasteiger partial charge in [-0.25, -0.2) is 4.79 Å². The summed E-state index contributed by atoms with van der Waals surface area (Å²) in [4.78, 5) is 23.8. The fourth-order valence-corrected chi connectivity index (χ4v) is 2.79. The average molecular weight is 278 g/mol. The first-order chi connectivity index (χ1) is 9.54. The zero-order valence-electron chi connectivity index (χ0n) is 11.4. The van der Waals surface area contributed by atoms with Gasteiger partial charge in [-0.15, -0.1) is 0 Å². The summed E-state index contributed by atoms with van der Waals surface area (Å²) in [5.74, 6) is -0.545. The van der Waals surface area contributed by atoms with E-state index in [-0.39, 0.29) is 5.69 Å². The number of hydrogen-bond acceptors (Lipinski definition) is 4. The van der Waals surface area contributed by atoms with Crippen LogP contribution in [0.5, 0.6) is 0 Å². The number of hydrogen-bond donors (Lipinski definition) is 1. The van der Waals surface area contributed by atoms with Crippen LogP contribution in [0.2, 0.25) is 0 Å². The summed E-state index contributed by atoms with van der Waals surface area (Å²) in [6.45, 7) is 2.59. The van der Waals surface area contributed by atoms with Gasteiger partial charge in [0, 0.05) is 12.6 Å². The lowest BCUT2D eigenvalue weighted by Gasteiger charge is -2.38. The molecule has 2 unspecified atom stereocenters. The lowest BCUT2D eigenvalue weighted by Crippen LogP contribution is -2.47. The Hall–Kier alpha value is -2.11. The molecule has 20 heavy (non-hydrogen) atoms. The van der Waals surface area contributed by atoms with E-state index < -0.39 is 16.9 Å². The van der Waals surface area contributed by atoms with Crippen LogP contribution in [-0.2, 0) is 4.79 Å². The van der Waals surface area contributed by atoms with Gasteiger partial charge >= 0.3 is 5.97 Å². The van der Waals surface area contributed by atoms with Crippen LogP contribution in [0.1, 0.15) is 26.2 Å². The molecule has 1 aliphatic rings. The highest BCUT2D eigenvalue weighted by atomic mass is 16.6. The summed E-state index contributed by atoms with van der Waals surface area (Å²) in [5.41, 5.74) is 0.369. The lowest BCUT2D eigenvalue weighted by molar-refractivity contribution is -0.384. The Morgan fingerprint density at radius 1 is 1.50 bits per heavy atom. The summed E-state index contributed by atoms with van der Waals surface area (Å²) in [7, 11) is 0. The van der Waals surface area contributed by atoms with Gasteiger partial charge in [-0.05, 0) is 24.8 Å². The molecule has 0 saturated carbocycles. The molecule has 0 aromatic heterocycles. The van der Waals surface area contributed by atoms with E-state index in [9.17, 15) is 20.0 Å². The van der Waals surface area contributed by atoms with Gasteiger partial charge in [0.05, 0.1) is 4.92 Å². The van der Waals surface area contributed by atoms with Crippen molar-refractivity contribution in [3.63, 3.8) is 0 Å². The minimum absolute atomic E-state index is 0.0336. The highest BCUT2D eigenvalue weighted by Crippen LogP contribution is 2.35. The predicted octanol–water partition coefficient (Wildman–Crippen LogP) is 2.67. The zero-order valence-corrected chi connectivity index (χ0v) is 11.4. The monoisotopic (exact) mass is 278 g/mol. The van der Waals surface area contributed by atoms with Gasteiger partial charge in [0.2, 0.25) is 0 Å². The Morgan fingerprint density at radius 3 is 2.80 bits per heavy atom. The molecule has 1 fully saturated rings. The maximum atomic E-state index is 11.5. The number of carboxylic acid groups (broad SMARTS) is 1. The number of piperidine rings is 1. The second-order valence-corrected chi connectivity index (χ2v) is 5.09. The Morgan fingerprint density at radius 2 is 2.20 bits per heavy atom. The average Bonchev–Trinajstić information content (AvgIpc) is 2.46. The second-order valence-electron chi connectivity index (χ2n) is 5.09. The lowest BCUT2D eigenvalue weighted by atomic mass is 9.88. The summed E-state index contributed by atoms with van der Waals surface area (Å²) in [5, 5.41) is 20.5. The molecule has 0 amide bonds. The Labute approximate surface area is 117 Å². The number of aliphatic carboxylic acids is 1. The molecule has 0 radical (unpaired) electrons. The Balaban J connectivity index is 2.35. The van der Waals surface area contributed by atoms with Crippen molar-refractivity contribution in [2.75, 3.05) is 11.4 Å². The third kappa shape index (κ3) is 2.74. The van der Waals surface area contributed by atoms with Crippen LogP contribution in [0.4, 0.5) is 11.4 Å². The molecule has 2 rings (SSSR count). The molecule has 1 aromatic carbocycles. The standard InChI is InChI=1S/C14H18N2O4/c1-2-10-7-8-15(13(9-10)14(17)18)11-5-3-4-6-12(11)16(19)20/h3-6,10,13H,2,7-9H2,1H3,(H,17,18). The van der Waals surface area contributed by atoms with Crippen LogP contribution in [0.15, 0.2) is 24.3 Å². The molecule has 108 valence electrons. The van der Waals surface area contributed by atoms with Crippen LogP contribution >= 0.6 is 0 Å². The van der Waals surface area contributed by atoms with Gasteiger partial charge in [0.15, 0.2) is 0 Å². The zero-order chi connectivity index (χ0) is 14.7. The number of para-hydroxylation sites is 2. The number of rotatable bonds is 4. The normalized spacial score (nSPS) is 22.6. The number of nitro benzene ring substituents is 1. The molecular weight excluding hydrogens is 260 g/mol. The molecule has 0 aliphatic carbocycles. The van der Waals surface area contributed by atoms with Crippen molar-refractivity contribution in [1.29, 1.82) is 0 Å². The minimum Gasteiger partial charge on any atom is -0.480 e. The summed E-state index contributed by atoms with van der Waals surface area (Å²) in [6.07, 6.45) is 2.35. The molecule has 0 bridgehead atoms. The first-order valence-electron chi connectivity index (χ1n) is 6.77. The highest BCUT2D eigenvalue weighted by Gasteiger charge is 2.35. The third-order valence-electron chi connectivity index (χ3n) is 3.96. The van der Waals surface area contributed by atoms with E-state index in [1.807, 2.05) is 6.92 Å². The van der Waals surface area contributed by atoms with E-state index in [1.54, 1.807) is 23.1 Å². The van der Waals surface area contributed by atoms with Crippen molar-refractivity contribution >= 4 is 17.3 Å². The van der Waals surface area contributed by atoms with E-state index in [1.165, 1.54) is 6.07 Å². The smallest absolute Gasteiger partial charge is 0.326 e. The molecule has 6 nitrogen and oxygen atoms in total. The maximum Gasteiger partial charge on any atom is 0.326 e. The fourth-order valence-electron chi connectivity index (χ4n) is 2.79. The van der Waals surface area contributed by atoms with Crippen LogP contribution in [0, 0.1) is 16.0 Å². The maximum absolute atomic E-state index is 11.5. The number of nitrogens with zero attached hydrogens (tertiary/aromatic N) is 2. The summed E-state index contributed by atoms with van der Waals surface area (Å²) >= 11 is 0. The number of carbonyl (C=O) groups is 1. The first kappa shape index (κ1) is 14.3. The van der Waals surface area contributed by atoms with Crippen molar-refractivity contribution in [2.24, 2.45) is 5.92 Å².